The van der Waals surface area contributed by atoms with Crippen LogP contribution in [0.4, 0.5) is 4.79 Å². The number of rotatable bonds is 7. The molecule has 18 heavy (non-hydrogen) atoms. The van der Waals surface area contributed by atoms with Crippen molar-refractivity contribution in [2.24, 2.45) is 0 Å². The number of aliphatic carboxylic acids is 1. The van der Waals surface area contributed by atoms with Gasteiger partial charge in [-0.05, 0) is 7.05 Å². The molecule has 0 unspecified atom stereocenters. The van der Waals surface area contributed by atoms with Crippen molar-refractivity contribution in [2.45, 2.75) is 12.5 Å². The standard InChI is InChI=1S/C10H19N3O5/c1-11-4-5-13(2)10(17)12-7(9(15)16)6-8(14)18-3/h7,11H,4-6H2,1-3H3,(H,12,17)(H,15,16)/t7-/m0/s1. The number of hydrogen-bond donors (Lipinski definition) is 3. The van der Waals surface area contributed by atoms with E-state index in [1.807, 2.05) is 0 Å². The second-order valence-electron chi connectivity index (χ2n) is 3.65. The number of amides is 2. The van der Waals surface area contributed by atoms with Crippen molar-refractivity contribution < 1.29 is 24.2 Å². The molecule has 104 valence electrons. The van der Waals surface area contributed by atoms with Crippen LogP contribution in [-0.4, -0.2) is 68.3 Å². The molecule has 0 aromatic rings. The average Bonchev–Trinajstić information content (AvgIpc) is 2.34. The lowest BCUT2D eigenvalue weighted by Crippen LogP contribution is -2.48. The number of methoxy groups -OCH3 is 1. The highest BCUT2D eigenvalue weighted by atomic mass is 16.5. The predicted octanol–water partition coefficient (Wildman–Crippen LogP) is -1.14. The van der Waals surface area contributed by atoms with Crippen LogP contribution >= 0.6 is 0 Å². The molecule has 0 aliphatic rings. The first-order valence-corrected chi connectivity index (χ1v) is 5.38. The number of carboxylic acid groups (broad SMARTS) is 1. The summed E-state index contributed by atoms with van der Waals surface area (Å²) in [6.07, 6.45) is -0.405. The van der Waals surface area contributed by atoms with Crippen molar-refractivity contribution in [3.63, 3.8) is 0 Å². The Morgan fingerprint density at radius 1 is 1.39 bits per heavy atom. The Morgan fingerprint density at radius 2 is 2.00 bits per heavy atom. The number of nitrogens with one attached hydrogen (secondary N) is 2. The van der Waals surface area contributed by atoms with Crippen molar-refractivity contribution in [3.8, 4) is 0 Å². The van der Waals surface area contributed by atoms with Crippen LogP contribution in [0.15, 0.2) is 0 Å². The molecule has 0 fully saturated rings. The monoisotopic (exact) mass is 261 g/mol. The van der Waals surface area contributed by atoms with E-state index in [1.54, 1.807) is 7.05 Å². The fourth-order valence-electron chi connectivity index (χ4n) is 1.09. The van der Waals surface area contributed by atoms with Gasteiger partial charge in [-0.15, -0.1) is 0 Å². The van der Waals surface area contributed by atoms with Gasteiger partial charge in [0.25, 0.3) is 0 Å². The summed E-state index contributed by atoms with van der Waals surface area (Å²) in [6, 6.07) is -1.84. The summed E-state index contributed by atoms with van der Waals surface area (Å²) < 4.78 is 4.36. The van der Waals surface area contributed by atoms with Gasteiger partial charge < -0.3 is 25.4 Å². The highest BCUT2D eigenvalue weighted by molar-refractivity contribution is 5.86. The lowest BCUT2D eigenvalue weighted by molar-refractivity contribution is -0.147. The van der Waals surface area contributed by atoms with Crippen LogP contribution < -0.4 is 10.6 Å². The van der Waals surface area contributed by atoms with Crippen molar-refractivity contribution in [1.29, 1.82) is 0 Å². The molecule has 3 N–H and O–H groups in total. The summed E-state index contributed by atoms with van der Waals surface area (Å²) >= 11 is 0. The smallest absolute Gasteiger partial charge is 0.326 e. The number of urea groups is 1. The Bertz CT molecular complexity index is 308. The number of hydrogen-bond acceptors (Lipinski definition) is 5. The molecule has 0 saturated carbocycles. The fraction of sp³-hybridized carbons (Fsp3) is 0.700. The van der Waals surface area contributed by atoms with Crippen molar-refractivity contribution in [1.82, 2.24) is 15.5 Å². The Kier molecular flexibility index (Phi) is 7.45. The van der Waals surface area contributed by atoms with E-state index in [9.17, 15) is 14.4 Å². The molecule has 0 aliphatic carbocycles. The van der Waals surface area contributed by atoms with E-state index in [1.165, 1.54) is 11.9 Å². The summed E-state index contributed by atoms with van der Waals surface area (Å²) in [5.41, 5.74) is 0. The predicted molar refractivity (Wildman–Crippen MR) is 63.1 cm³/mol. The molecular formula is C10H19N3O5. The molecule has 0 saturated heterocycles. The normalized spacial score (nSPS) is 11.5. The van der Waals surface area contributed by atoms with Crippen LogP contribution in [0.5, 0.6) is 0 Å². The molecule has 1 atom stereocenters. The van der Waals surface area contributed by atoms with Crippen LogP contribution in [-0.2, 0) is 14.3 Å². The summed E-state index contributed by atoms with van der Waals surface area (Å²) in [7, 11) is 4.43. The zero-order chi connectivity index (χ0) is 14.1. The minimum atomic E-state index is -1.29. The third kappa shape index (κ3) is 6.04. The van der Waals surface area contributed by atoms with E-state index in [4.69, 9.17) is 5.11 Å². The number of carbonyl (C=O) groups is 3. The Hall–Kier alpha value is -1.83. The number of ether oxygens (including phenoxy) is 1. The third-order valence-electron chi connectivity index (χ3n) is 2.24. The number of nitrogens with zero attached hydrogens (tertiary/aromatic N) is 1. The van der Waals surface area contributed by atoms with E-state index in [0.29, 0.717) is 13.1 Å². The average molecular weight is 261 g/mol. The molecule has 0 heterocycles. The number of esters is 1. The minimum absolute atomic E-state index is 0.405. The van der Waals surface area contributed by atoms with Gasteiger partial charge in [0.1, 0.15) is 6.04 Å². The van der Waals surface area contributed by atoms with Crippen LogP contribution in [0.3, 0.4) is 0 Å². The molecule has 0 radical (unpaired) electrons. The van der Waals surface area contributed by atoms with Gasteiger partial charge in [0.2, 0.25) is 0 Å². The lowest BCUT2D eigenvalue weighted by Gasteiger charge is -2.20. The van der Waals surface area contributed by atoms with Gasteiger partial charge in [0.05, 0.1) is 13.5 Å². The van der Waals surface area contributed by atoms with Crippen LogP contribution in [0.25, 0.3) is 0 Å². The second-order valence-corrected chi connectivity index (χ2v) is 3.65. The van der Waals surface area contributed by atoms with Gasteiger partial charge in [0, 0.05) is 20.1 Å². The highest BCUT2D eigenvalue weighted by Gasteiger charge is 2.24. The second kappa shape index (κ2) is 8.29. The zero-order valence-corrected chi connectivity index (χ0v) is 10.7. The molecule has 2 amide bonds. The molecule has 0 aromatic carbocycles. The van der Waals surface area contributed by atoms with Gasteiger partial charge >= 0.3 is 18.0 Å². The topological polar surface area (TPSA) is 108 Å². The molecule has 0 aliphatic heterocycles. The van der Waals surface area contributed by atoms with E-state index in [2.05, 4.69) is 15.4 Å². The summed E-state index contributed by atoms with van der Waals surface area (Å²) in [6.45, 7) is 1.01. The maximum absolute atomic E-state index is 11.6. The van der Waals surface area contributed by atoms with E-state index < -0.39 is 30.4 Å². The zero-order valence-electron chi connectivity index (χ0n) is 10.7. The number of likely N-dealkylation sites (N-methyl/N-ethyl adjacent to an activating group) is 2. The molecule has 8 heteroatoms. The minimum Gasteiger partial charge on any atom is -0.480 e. The lowest BCUT2D eigenvalue weighted by atomic mass is 10.2. The summed E-state index contributed by atoms with van der Waals surface area (Å²) in [4.78, 5) is 34.8. The van der Waals surface area contributed by atoms with E-state index in [-0.39, 0.29) is 0 Å². The van der Waals surface area contributed by atoms with Crippen LogP contribution in [0.2, 0.25) is 0 Å². The molecular weight excluding hydrogens is 242 g/mol. The maximum atomic E-state index is 11.6. The first kappa shape index (κ1) is 16.2. The Labute approximate surface area is 105 Å². The number of carboxylic acids is 1. The SMILES string of the molecule is CNCCN(C)C(=O)N[C@@H](CC(=O)OC)C(=O)O. The van der Waals surface area contributed by atoms with Gasteiger partial charge in [-0.2, -0.15) is 0 Å². The maximum Gasteiger partial charge on any atom is 0.326 e. The van der Waals surface area contributed by atoms with Crippen molar-refractivity contribution >= 4 is 18.0 Å². The molecule has 0 bridgehead atoms. The Balaban J connectivity index is 4.35. The summed E-state index contributed by atoms with van der Waals surface area (Å²) in [5, 5.41) is 14.0. The number of carbonyl (C=O) groups excluding carboxylic acids is 2. The molecule has 0 spiro atoms. The third-order valence-corrected chi connectivity index (χ3v) is 2.24. The molecule has 0 aromatic heterocycles. The van der Waals surface area contributed by atoms with Crippen molar-refractivity contribution in [2.75, 3.05) is 34.3 Å². The van der Waals surface area contributed by atoms with Crippen LogP contribution in [0, 0.1) is 0 Å². The van der Waals surface area contributed by atoms with E-state index in [0.717, 1.165) is 7.11 Å². The van der Waals surface area contributed by atoms with Gasteiger partial charge in [-0.1, -0.05) is 0 Å². The quantitative estimate of drug-likeness (QED) is 0.500. The molecule has 0 rings (SSSR count). The van der Waals surface area contributed by atoms with E-state index >= 15 is 0 Å². The van der Waals surface area contributed by atoms with Gasteiger partial charge in [0.15, 0.2) is 0 Å². The highest BCUT2D eigenvalue weighted by Crippen LogP contribution is 1.97. The molecule has 8 nitrogen and oxygen atoms in total. The first-order chi connectivity index (χ1) is 8.42. The first-order valence-electron chi connectivity index (χ1n) is 5.38. The fourth-order valence-corrected chi connectivity index (χ4v) is 1.09. The van der Waals surface area contributed by atoms with Crippen molar-refractivity contribution in [3.05, 3.63) is 0 Å². The van der Waals surface area contributed by atoms with Gasteiger partial charge in [-0.25, -0.2) is 9.59 Å². The summed E-state index contributed by atoms with van der Waals surface area (Å²) in [5.74, 6) is -1.98. The Morgan fingerprint density at radius 3 is 2.44 bits per heavy atom. The van der Waals surface area contributed by atoms with Crippen LogP contribution in [0.1, 0.15) is 6.42 Å². The largest absolute Gasteiger partial charge is 0.480 e. The van der Waals surface area contributed by atoms with Gasteiger partial charge in [-0.3, -0.25) is 4.79 Å².